The van der Waals surface area contributed by atoms with Gasteiger partial charge in [-0.25, -0.2) is 14.4 Å². The molecule has 2 heterocycles. The Morgan fingerprint density at radius 1 is 0.900 bits per heavy atom. The summed E-state index contributed by atoms with van der Waals surface area (Å²) in [6, 6.07) is 10.9. The lowest BCUT2D eigenvalue weighted by Crippen LogP contribution is -2.52. The lowest BCUT2D eigenvalue weighted by molar-refractivity contribution is 0.628. The molecule has 0 unspecified atom stereocenters. The van der Waals surface area contributed by atoms with Gasteiger partial charge in [-0.15, -0.1) is 0 Å². The summed E-state index contributed by atoms with van der Waals surface area (Å²) >= 11 is 0. The zero-order chi connectivity index (χ0) is 22.1. The van der Waals surface area contributed by atoms with Gasteiger partial charge in [0, 0.05) is 24.5 Å². The van der Waals surface area contributed by atoms with E-state index in [1.165, 1.54) is 0 Å². The van der Waals surface area contributed by atoms with Gasteiger partial charge in [-0.3, -0.25) is 0 Å². The van der Waals surface area contributed by atoms with Crippen LogP contribution in [0.4, 0.5) is 10.3 Å². The maximum absolute atomic E-state index is 13.7. The maximum Gasteiger partial charge on any atom is 0.222 e. The average molecular weight is 425 g/mol. The Bertz CT molecular complexity index is 971. The molecule has 3 rings (SSSR count). The molecule has 6 heteroatoms. The van der Waals surface area contributed by atoms with Crippen LogP contribution in [0.5, 0.6) is 0 Å². The molecule has 0 aliphatic heterocycles. The van der Waals surface area contributed by atoms with Crippen LogP contribution in [-0.2, 0) is 0 Å². The van der Waals surface area contributed by atoms with Gasteiger partial charge in [0.1, 0.15) is 5.82 Å². The van der Waals surface area contributed by atoms with Gasteiger partial charge in [0.2, 0.25) is 5.95 Å². The van der Waals surface area contributed by atoms with Crippen LogP contribution in [0.2, 0.25) is 16.6 Å². The van der Waals surface area contributed by atoms with Crippen LogP contribution in [0.3, 0.4) is 0 Å². The lowest BCUT2D eigenvalue weighted by atomic mass is 10.1. The topological polar surface area (TPSA) is 42.7 Å². The van der Waals surface area contributed by atoms with Gasteiger partial charge in [-0.2, -0.15) is 0 Å². The first-order valence-electron chi connectivity index (χ1n) is 10.7. The molecule has 0 bridgehead atoms. The van der Waals surface area contributed by atoms with Crippen molar-refractivity contribution in [2.75, 3.05) is 12.4 Å². The normalized spacial score (nSPS) is 12.2. The molecule has 0 aliphatic rings. The van der Waals surface area contributed by atoms with E-state index < -0.39 is 8.24 Å². The quantitative estimate of drug-likeness (QED) is 0.423. The number of hydrogen-bond acceptors (Lipinski definition) is 3. The third-order valence-corrected chi connectivity index (χ3v) is 13.1. The molecule has 30 heavy (non-hydrogen) atoms. The van der Waals surface area contributed by atoms with Gasteiger partial charge in [0.05, 0.1) is 5.69 Å². The predicted molar refractivity (Wildman–Crippen MR) is 127 cm³/mol. The van der Waals surface area contributed by atoms with Crippen molar-refractivity contribution in [2.45, 2.75) is 58.2 Å². The van der Waals surface area contributed by atoms with Crippen LogP contribution in [0.15, 0.2) is 48.8 Å². The smallest absolute Gasteiger partial charge is 0.222 e. The van der Waals surface area contributed by atoms with Crippen molar-refractivity contribution in [1.29, 1.82) is 0 Å². The number of anilines is 1. The van der Waals surface area contributed by atoms with Crippen LogP contribution < -0.4 is 5.32 Å². The first-order valence-corrected chi connectivity index (χ1v) is 12.9. The number of halogens is 1. The molecule has 0 amide bonds. The standard InChI is InChI=1S/C24H33FN4Si/c1-16(2)30(17(3)4,18(5)6)29-15-13-21(22-12-14-27-24(26-7)28-22)23(29)19-8-10-20(25)11-9-19/h8-18H,1-7H3,(H,26,27,28). The summed E-state index contributed by atoms with van der Waals surface area (Å²) < 4.78 is 16.3. The highest BCUT2D eigenvalue weighted by atomic mass is 28.3. The molecule has 0 atom stereocenters. The largest absolute Gasteiger partial charge is 0.373 e. The van der Waals surface area contributed by atoms with Crippen LogP contribution in [-0.4, -0.2) is 29.5 Å². The van der Waals surface area contributed by atoms with E-state index in [4.69, 9.17) is 4.98 Å². The van der Waals surface area contributed by atoms with Crippen molar-refractivity contribution in [2.24, 2.45) is 0 Å². The van der Waals surface area contributed by atoms with E-state index in [0.29, 0.717) is 22.6 Å². The van der Waals surface area contributed by atoms with E-state index in [0.717, 1.165) is 22.5 Å². The highest BCUT2D eigenvalue weighted by molar-refractivity contribution is 6.82. The molecule has 0 fully saturated rings. The van der Waals surface area contributed by atoms with E-state index >= 15 is 0 Å². The molecule has 4 nitrogen and oxygen atoms in total. The second-order valence-electron chi connectivity index (χ2n) is 8.82. The first-order chi connectivity index (χ1) is 14.2. The van der Waals surface area contributed by atoms with E-state index in [1.807, 2.05) is 25.2 Å². The SMILES string of the molecule is CNc1nccc(-c2ccn([Si](C(C)C)(C(C)C)C(C)C)c2-c2ccc(F)cc2)n1. The number of hydrogen-bond donors (Lipinski definition) is 1. The molecule has 3 aromatic rings. The monoisotopic (exact) mass is 424 g/mol. The molecule has 2 aromatic heterocycles. The van der Waals surface area contributed by atoms with Crippen molar-refractivity contribution < 1.29 is 4.39 Å². The molecule has 0 radical (unpaired) electrons. The molecular formula is C24H33FN4Si. The summed E-state index contributed by atoms with van der Waals surface area (Å²) in [5, 5.41) is 3.03. The second kappa shape index (κ2) is 8.72. The van der Waals surface area contributed by atoms with Crippen molar-refractivity contribution in [3.05, 3.63) is 54.6 Å². The van der Waals surface area contributed by atoms with E-state index in [2.05, 4.69) is 68.3 Å². The van der Waals surface area contributed by atoms with Gasteiger partial charge >= 0.3 is 0 Å². The molecule has 0 aliphatic carbocycles. The van der Waals surface area contributed by atoms with Crippen molar-refractivity contribution in [1.82, 2.24) is 14.2 Å². The first kappa shape index (κ1) is 22.2. The highest BCUT2D eigenvalue weighted by Gasteiger charge is 2.46. The number of rotatable bonds is 7. The summed E-state index contributed by atoms with van der Waals surface area (Å²) in [4.78, 5) is 8.97. The Kier molecular flexibility index (Phi) is 6.46. The van der Waals surface area contributed by atoms with Crippen molar-refractivity contribution in [3.63, 3.8) is 0 Å². The highest BCUT2D eigenvalue weighted by Crippen LogP contribution is 2.46. The van der Waals surface area contributed by atoms with Gasteiger partial charge in [-0.1, -0.05) is 41.5 Å². The third kappa shape index (κ3) is 3.69. The summed E-state index contributed by atoms with van der Waals surface area (Å²) in [5.41, 5.74) is 5.67. The molecule has 1 aromatic carbocycles. The van der Waals surface area contributed by atoms with Crippen molar-refractivity contribution >= 4 is 14.2 Å². The maximum atomic E-state index is 13.7. The number of aromatic nitrogens is 3. The van der Waals surface area contributed by atoms with E-state index in [-0.39, 0.29) is 5.82 Å². The average Bonchev–Trinajstić information content (AvgIpc) is 3.13. The fraction of sp³-hybridized carbons (Fsp3) is 0.417. The number of nitrogens with one attached hydrogen (secondary N) is 1. The molecule has 0 saturated heterocycles. The van der Waals surface area contributed by atoms with E-state index in [1.54, 1.807) is 18.3 Å². The van der Waals surface area contributed by atoms with E-state index in [9.17, 15) is 4.39 Å². The second-order valence-corrected chi connectivity index (χ2v) is 14.5. The zero-order valence-electron chi connectivity index (χ0n) is 19.1. The minimum absolute atomic E-state index is 0.224. The number of benzene rings is 1. The van der Waals surface area contributed by atoms with Crippen molar-refractivity contribution in [3.8, 4) is 22.5 Å². The van der Waals surface area contributed by atoms with Gasteiger partial charge < -0.3 is 9.55 Å². The summed E-state index contributed by atoms with van der Waals surface area (Å²) in [7, 11) is -0.196. The van der Waals surface area contributed by atoms with Crippen LogP contribution >= 0.6 is 0 Å². The lowest BCUT2D eigenvalue weighted by Gasteiger charge is -2.45. The summed E-state index contributed by atoms with van der Waals surface area (Å²) in [6.07, 6.45) is 4.01. The molecular weight excluding hydrogens is 391 g/mol. The Morgan fingerprint density at radius 2 is 1.50 bits per heavy atom. The van der Waals surface area contributed by atoms with Crippen LogP contribution in [0.25, 0.3) is 22.5 Å². The fourth-order valence-corrected chi connectivity index (χ4v) is 12.0. The summed E-state index contributed by atoms with van der Waals surface area (Å²) in [6.45, 7) is 14.1. The molecule has 160 valence electrons. The Hall–Kier alpha value is -2.47. The number of nitrogens with zero attached hydrogens (tertiary/aromatic N) is 3. The fourth-order valence-electron chi connectivity index (χ4n) is 5.33. The van der Waals surface area contributed by atoms with Crippen LogP contribution in [0, 0.1) is 5.82 Å². The Labute approximate surface area is 180 Å². The summed E-state index contributed by atoms with van der Waals surface area (Å²) in [5.74, 6) is 0.364. The third-order valence-electron chi connectivity index (χ3n) is 6.35. The molecule has 0 saturated carbocycles. The minimum Gasteiger partial charge on any atom is -0.373 e. The van der Waals surface area contributed by atoms with Gasteiger partial charge in [-0.05, 0) is 64.8 Å². The van der Waals surface area contributed by atoms with Gasteiger partial charge in [0.25, 0.3) is 0 Å². The Balaban J connectivity index is 2.36. The molecule has 1 N–H and O–H groups in total. The van der Waals surface area contributed by atoms with Gasteiger partial charge in [0.15, 0.2) is 8.24 Å². The van der Waals surface area contributed by atoms with Crippen LogP contribution in [0.1, 0.15) is 41.5 Å². The minimum atomic E-state index is -2.01. The zero-order valence-corrected chi connectivity index (χ0v) is 20.1. The predicted octanol–water partition coefficient (Wildman–Crippen LogP) is 6.82. The Morgan fingerprint density at radius 3 is 2.03 bits per heavy atom. The molecule has 0 spiro atoms.